The third-order valence-corrected chi connectivity index (χ3v) is 26.7. The number of aliphatic hydroxyl groups is 4. The summed E-state index contributed by atoms with van der Waals surface area (Å²) in [5.74, 6) is -6.44. The highest BCUT2D eigenvalue weighted by atomic mass is 16.6. The minimum absolute atomic E-state index is 0.0273. The summed E-state index contributed by atoms with van der Waals surface area (Å²) < 4.78 is 43.0. The van der Waals surface area contributed by atoms with E-state index >= 15 is 0 Å². The molecular weight excluding hydrogens is 1710 g/mol. The second-order valence-electron chi connectivity index (χ2n) is 36.6. The highest BCUT2D eigenvalue weighted by Crippen LogP contribution is 2.40. The average Bonchev–Trinajstić information content (AvgIpc) is 1.75. The first-order chi connectivity index (χ1) is 63.9. The number of allylic oxidation sites excluding steroid dienone is 4. The Hall–Kier alpha value is -11.1. The van der Waals surface area contributed by atoms with Crippen LogP contribution in [-0.2, 0) is 89.7 Å². The van der Waals surface area contributed by atoms with Crippen LogP contribution in [0.1, 0.15) is 170 Å². The Kier molecular flexibility index (Phi) is 34.2. The fourth-order valence-electron chi connectivity index (χ4n) is 19.0. The number of oxazole rings is 1. The minimum Gasteiger partial charge on any atom is -0.459 e. The summed E-state index contributed by atoms with van der Waals surface area (Å²) in [6.45, 7) is 21.3. The van der Waals surface area contributed by atoms with Gasteiger partial charge < -0.3 is 105 Å². The molecule has 5 aromatic heterocycles. The number of carbonyl (C=O) groups is 6. The van der Waals surface area contributed by atoms with Crippen LogP contribution in [-0.4, -0.2) is 281 Å². The van der Waals surface area contributed by atoms with Crippen LogP contribution >= 0.6 is 0 Å². The molecule has 0 bridgehead atoms. The third kappa shape index (κ3) is 24.5. The quantitative estimate of drug-likeness (QED) is 0.00351. The molecule has 4 amide bonds. The van der Waals surface area contributed by atoms with Gasteiger partial charge in [-0.05, 0) is 142 Å². The molecule has 15 atom stereocenters. The van der Waals surface area contributed by atoms with Crippen molar-refractivity contribution in [3.63, 3.8) is 0 Å². The zero-order valence-electron chi connectivity index (χ0n) is 78.0. The number of nitrogens with zero attached hydrogens (tertiary/aromatic N) is 15. The third-order valence-electron chi connectivity index (χ3n) is 26.7. The predicted molar refractivity (Wildman–Crippen MR) is 497 cm³/mol. The molecular formula is C96H131N19O18. The number of benzene rings is 2. The molecule has 2 aromatic carbocycles. The number of anilines is 4. The molecule has 37 nitrogen and oxygen atoms in total. The molecule has 1 aliphatic carbocycles. The Labute approximate surface area is 775 Å². The fraction of sp³-hybridized carbons (Fsp3) is 0.573. The molecule has 6 aliphatic rings. The van der Waals surface area contributed by atoms with Crippen molar-refractivity contribution in [2.45, 2.75) is 231 Å². The number of likely N-dealkylation sites (tertiary alicyclic amines) is 1. The van der Waals surface area contributed by atoms with E-state index in [9.17, 15) is 49.2 Å². The normalized spacial score (nSPS) is 22.4. The summed E-state index contributed by atoms with van der Waals surface area (Å²) in [5.41, 5.74) is 29.4. The summed E-state index contributed by atoms with van der Waals surface area (Å²) in [4.78, 5) is 131. The largest absolute Gasteiger partial charge is 0.459 e. The number of hydrogen-bond acceptors (Lipinski definition) is 32. The highest BCUT2D eigenvalue weighted by molar-refractivity contribution is 6.39. The number of oxime groups is 1. The Morgan fingerprint density at radius 1 is 0.789 bits per heavy atom. The van der Waals surface area contributed by atoms with Crippen LogP contribution in [0.3, 0.4) is 0 Å². The second kappa shape index (κ2) is 45.7. The zero-order valence-corrected chi connectivity index (χ0v) is 78.0. The SMILES string of the molecule is C=C/C=C/C=C(\C)[C@H](C[C@@H]1CC[C@@H](C)[C@](O)(C(=O)C(=O)N2CCCC[C@H]2C(=O)O[C@@H](C[C@@H](O)[C@H](C)/C=C(\C)[C@@H](O)[C@@H](OC)/C(=N/OCC(=O)NCCOCCC(=O)N2CCc3nc(N4CCN(c5ncc(C(=O)N6CCc7cc(Cn8nc(-c9ccc%10oc(N)nc%10c9)c9c(N)ncnc98)ccc7C6)cn5)CC4)ncc3C2)[C@H](C)CC(C)C)[C@H](N)C[C@@H]2CC[C@@H](O)[C@H](OC)C2)O1)OC. The van der Waals surface area contributed by atoms with Crippen molar-refractivity contribution in [1.29, 1.82) is 0 Å². The lowest BCUT2D eigenvalue weighted by Gasteiger charge is -2.42. The van der Waals surface area contributed by atoms with Gasteiger partial charge in [0.25, 0.3) is 29.5 Å². The molecule has 0 unspecified atom stereocenters. The van der Waals surface area contributed by atoms with Gasteiger partial charge in [-0.3, -0.25) is 24.0 Å². The number of ether oxygens (including phenoxy) is 6. The molecule has 718 valence electrons. The number of nitrogens with two attached hydrogens (primary N) is 3. The number of amides is 4. The van der Waals surface area contributed by atoms with E-state index in [1.165, 1.54) is 20.5 Å². The van der Waals surface area contributed by atoms with Crippen molar-refractivity contribution in [1.82, 2.24) is 64.7 Å². The van der Waals surface area contributed by atoms with E-state index in [1.807, 2.05) is 67.6 Å². The number of carbonyl (C=O) groups excluding carboxylic acids is 6. The van der Waals surface area contributed by atoms with Gasteiger partial charge >= 0.3 is 5.97 Å². The monoisotopic (exact) mass is 1840 g/mol. The minimum atomic E-state index is -2.49. The van der Waals surface area contributed by atoms with Gasteiger partial charge in [-0.15, -0.1) is 0 Å². The second-order valence-corrected chi connectivity index (χ2v) is 36.6. The van der Waals surface area contributed by atoms with Crippen LogP contribution in [0.5, 0.6) is 0 Å². The Morgan fingerprint density at radius 2 is 1.54 bits per heavy atom. The van der Waals surface area contributed by atoms with E-state index in [0.29, 0.717) is 198 Å². The molecule has 5 aliphatic heterocycles. The molecule has 3 saturated heterocycles. The molecule has 11 N–H and O–H groups in total. The first kappa shape index (κ1) is 99.3. The number of rotatable bonds is 40. The van der Waals surface area contributed by atoms with E-state index < -0.39 is 109 Å². The van der Waals surface area contributed by atoms with Gasteiger partial charge in [-0.1, -0.05) is 94.9 Å². The highest BCUT2D eigenvalue weighted by Gasteiger charge is 2.53. The van der Waals surface area contributed by atoms with E-state index in [-0.39, 0.29) is 81.1 Å². The summed E-state index contributed by atoms with van der Waals surface area (Å²) >= 11 is 0. The number of nitrogens with one attached hydrogen (secondary N) is 1. The van der Waals surface area contributed by atoms with Crippen molar-refractivity contribution in [2.75, 3.05) is 115 Å². The molecule has 13 rings (SSSR count). The molecule has 10 heterocycles. The fourth-order valence-corrected chi connectivity index (χ4v) is 19.0. The molecule has 133 heavy (non-hydrogen) atoms. The van der Waals surface area contributed by atoms with Gasteiger partial charge in [0.2, 0.25) is 23.6 Å². The van der Waals surface area contributed by atoms with Crippen LogP contribution in [0.4, 0.5) is 23.7 Å². The van der Waals surface area contributed by atoms with Crippen molar-refractivity contribution < 1.29 is 86.9 Å². The standard InChI is InChI=1S/C96H131N19O18/c1-12-13-14-17-57(4)77(126-9)46-69-24-19-61(8)96(125,133-69)87(121)91(123)114-31-16-15-18-73(114)92(124)131-78(70(97)43-62-21-25-74(116)79(44-62)127-10)47-75(117)58(5)41-60(7)85(120)86(128-11)83(59(6)40-56(2)3)109-130-54-80(118)100-30-39-129-38-29-81(119)112-33-28-71-68(53-112)50-103-95(107-71)111-36-34-110(35-37-111)94-101-48-67(49-102-94)90(122)113-32-27-64-42-63(20-22-66(64)52-113)51-115-89-82(88(98)104-55-105-89)84(108-115)65-23-26-76-72(45-65)106-93(99)132-76/h12-14,17,20,22-23,26,41-42,45,48-50,55-56,58-59,61-62,69-70,73-75,77-79,85-86,116-117,120,125H,1,15-16,18-19,21,24-25,27-40,43-44,46-47,51-54,97H2,2-11H3,(H2,99,106)(H,100,118)(H2,98,104,105)/b14-13+,57-17+,60-41+,109-83+/t58-,59-,61-,62+,69+,70-,73+,74-,75-,77+,78+,79-,85-,86+,96-/m1/s1. The lowest BCUT2D eigenvalue weighted by molar-refractivity contribution is -0.265. The molecule has 4 fully saturated rings. The number of ketones is 1. The summed E-state index contributed by atoms with van der Waals surface area (Å²) in [7, 11) is 4.53. The number of esters is 1. The van der Waals surface area contributed by atoms with Crippen molar-refractivity contribution >= 4 is 87.0 Å². The summed E-state index contributed by atoms with van der Waals surface area (Å²) in [6.07, 6.45) is 14.4. The number of Topliss-reactive ketones (excluding diaryl/α,β-unsaturated/α-hetero) is 1. The van der Waals surface area contributed by atoms with Crippen LogP contribution in [0.25, 0.3) is 33.4 Å². The number of piperidine rings is 1. The first-order valence-electron chi connectivity index (χ1n) is 46.4. The molecule has 0 spiro atoms. The summed E-state index contributed by atoms with van der Waals surface area (Å²) in [5, 5.41) is 59.8. The van der Waals surface area contributed by atoms with Crippen LogP contribution in [0, 0.1) is 29.6 Å². The van der Waals surface area contributed by atoms with E-state index in [2.05, 4.69) is 63.9 Å². The van der Waals surface area contributed by atoms with Crippen molar-refractivity contribution in [3.8, 4) is 11.3 Å². The van der Waals surface area contributed by atoms with Crippen molar-refractivity contribution in [2.24, 2.45) is 40.5 Å². The number of methoxy groups -OCH3 is 3. The maximum absolute atomic E-state index is 14.7. The molecule has 1 saturated carbocycles. The van der Waals surface area contributed by atoms with Gasteiger partial charge in [-0.2, -0.15) is 10.1 Å². The average molecular weight is 1840 g/mol. The van der Waals surface area contributed by atoms with Gasteiger partial charge in [0, 0.05) is 160 Å². The van der Waals surface area contributed by atoms with Gasteiger partial charge in [-0.25, -0.2) is 39.4 Å². The Morgan fingerprint density at radius 3 is 2.29 bits per heavy atom. The molecule has 37 heteroatoms. The molecule has 0 radical (unpaired) electrons. The maximum atomic E-state index is 14.7. The van der Waals surface area contributed by atoms with Gasteiger partial charge in [0.05, 0.1) is 79.1 Å². The topological polar surface area (TPSA) is 488 Å². The van der Waals surface area contributed by atoms with E-state index in [1.54, 1.807) is 75.7 Å². The Bertz CT molecular complexity index is 5350. The Balaban J connectivity index is 0.537. The smallest absolute Gasteiger partial charge is 0.329 e. The number of nitrogen functional groups attached to an aromatic ring is 2. The number of hydrogen-bond donors (Lipinski definition) is 8. The lowest BCUT2D eigenvalue weighted by Crippen LogP contribution is -2.61. The van der Waals surface area contributed by atoms with Crippen LogP contribution in [0.2, 0.25) is 0 Å². The van der Waals surface area contributed by atoms with Gasteiger partial charge in [0.1, 0.15) is 47.7 Å². The maximum Gasteiger partial charge on any atom is 0.329 e. The molecule has 7 aromatic rings. The zero-order chi connectivity index (χ0) is 94.9. The van der Waals surface area contributed by atoms with Crippen molar-refractivity contribution in [3.05, 3.63) is 143 Å². The number of aliphatic hydroxyl groups excluding tert-OH is 3. The van der Waals surface area contributed by atoms with Crippen LogP contribution in [0.15, 0.2) is 119 Å². The van der Waals surface area contributed by atoms with E-state index in [0.717, 1.165) is 44.0 Å². The number of fused-ring (bicyclic) bond motifs is 4. The number of aromatic nitrogens is 9. The number of piperazine rings is 1. The predicted octanol–water partition coefficient (Wildman–Crippen LogP) is 7.48. The van der Waals surface area contributed by atoms with Gasteiger partial charge in [0.15, 0.2) is 17.8 Å². The van der Waals surface area contributed by atoms with Crippen LogP contribution < -0.4 is 32.3 Å². The first-order valence-corrected chi connectivity index (χ1v) is 46.4. The van der Waals surface area contributed by atoms with E-state index in [4.69, 9.17) is 69.9 Å². The lowest BCUT2D eigenvalue weighted by atomic mass is 9.80. The summed E-state index contributed by atoms with van der Waals surface area (Å²) in [6, 6.07) is 9.78.